The fraction of sp³-hybridized carbons (Fsp3) is 0.714. The SMILES string of the molecule is CCCNc1ncnc(NC(CC)COC)c1CC. The molecule has 0 fully saturated rings. The Balaban J connectivity index is 2.86. The lowest BCUT2D eigenvalue weighted by Gasteiger charge is -2.20. The first-order chi connectivity index (χ1) is 9.26. The summed E-state index contributed by atoms with van der Waals surface area (Å²) in [7, 11) is 1.72. The number of methoxy groups -OCH3 is 1. The smallest absolute Gasteiger partial charge is 0.135 e. The molecule has 19 heavy (non-hydrogen) atoms. The minimum atomic E-state index is 0.282. The molecule has 1 unspecified atom stereocenters. The molecule has 0 aliphatic carbocycles. The summed E-state index contributed by atoms with van der Waals surface area (Å²) in [4.78, 5) is 8.70. The number of hydrogen-bond acceptors (Lipinski definition) is 5. The van der Waals surface area contributed by atoms with Gasteiger partial charge in [-0.15, -0.1) is 0 Å². The van der Waals surface area contributed by atoms with Crippen LogP contribution in [0.3, 0.4) is 0 Å². The molecule has 5 heteroatoms. The van der Waals surface area contributed by atoms with E-state index in [1.165, 1.54) is 0 Å². The molecule has 1 aromatic rings. The number of nitrogens with zero attached hydrogens (tertiary/aromatic N) is 2. The molecule has 1 heterocycles. The van der Waals surface area contributed by atoms with E-state index >= 15 is 0 Å². The van der Waals surface area contributed by atoms with Gasteiger partial charge >= 0.3 is 0 Å². The van der Waals surface area contributed by atoms with E-state index in [0.29, 0.717) is 6.61 Å². The van der Waals surface area contributed by atoms with Crippen molar-refractivity contribution in [2.75, 3.05) is 30.9 Å². The third-order valence-electron chi connectivity index (χ3n) is 3.04. The molecule has 108 valence electrons. The van der Waals surface area contributed by atoms with E-state index in [-0.39, 0.29) is 6.04 Å². The van der Waals surface area contributed by atoms with E-state index in [1.807, 2.05) is 0 Å². The standard InChI is InChI=1S/C14H26N4O/c1-5-8-15-13-12(7-3)14(17-10-16-13)18-11(6-2)9-19-4/h10-11H,5-9H2,1-4H3,(H2,15,16,17,18). The average Bonchev–Trinajstić information content (AvgIpc) is 2.44. The number of rotatable bonds is 9. The molecular formula is C14H26N4O. The van der Waals surface area contributed by atoms with Crippen LogP contribution >= 0.6 is 0 Å². The van der Waals surface area contributed by atoms with Crippen molar-refractivity contribution in [2.45, 2.75) is 46.1 Å². The van der Waals surface area contributed by atoms with Crippen LogP contribution in [0.4, 0.5) is 11.6 Å². The minimum Gasteiger partial charge on any atom is -0.383 e. The topological polar surface area (TPSA) is 59.1 Å². The van der Waals surface area contributed by atoms with Crippen LogP contribution in [-0.2, 0) is 11.2 Å². The van der Waals surface area contributed by atoms with Crippen molar-refractivity contribution in [3.63, 3.8) is 0 Å². The van der Waals surface area contributed by atoms with Crippen LogP contribution in [-0.4, -0.2) is 36.3 Å². The lowest BCUT2D eigenvalue weighted by molar-refractivity contribution is 0.184. The molecule has 5 nitrogen and oxygen atoms in total. The molecule has 0 spiro atoms. The Kier molecular flexibility index (Phi) is 7.18. The van der Waals surface area contributed by atoms with E-state index in [2.05, 4.69) is 41.4 Å². The average molecular weight is 266 g/mol. The first-order valence-corrected chi connectivity index (χ1v) is 7.09. The predicted octanol–water partition coefficient (Wildman–Crippen LogP) is 2.70. The summed E-state index contributed by atoms with van der Waals surface area (Å²) in [5, 5.41) is 6.80. The van der Waals surface area contributed by atoms with Crippen LogP contribution in [0.5, 0.6) is 0 Å². The highest BCUT2D eigenvalue weighted by Crippen LogP contribution is 2.21. The zero-order valence-electron chi connectivity index (χ0n) is 12.5. The van der Waals surface area contributed by atoms with Gasteiger partial charge in [-0.05, 0) is 19.3 Å². The highest BCUT2D eigenvalue weighted by Gasteiger charge is 2.13. The summed E-state index contributed by atoms with van der Waals surface area (Å²) in [5.74, 6) is 1.86. The van der Waals surface area contributed by atoms with E-state index in [9.17, 15) is 0 Å². The van der Waals surface area contributed by atoms with Crippen LogP contribution in [0.2, 0.25) is 0 Å². The zero-order valence-corrected chi connectivity index (χ0v) is 12.5. The number of anilines is 2. The van der Waals surface area contributed by atoms with Gasteiger partial charge in [-0.25, -0.2) is 9.97 Å². The molecule has 0 saturated carbocycles. The first-order valence-electron chi connectivity index (χ1n) is 7.09. The molecule has 0 saturated heterocycles. The predicted molar refractivity (Wildman–Crippen MR) is 79.8 cm³/mol. The van der Waals surface area contributed by atoms with E-state index in [1.54, 1.807) is 13.4 Å². The van der Waals surface area contributed by atoms with Crippen LogP contribution in [0.1, 0.15) is 39.2 Å². The normalized spacial score (nSPS) is 12.2. The van der Waals surface area contributed by atoms with Crippen molar-refractivity contribution in [1.29, 1.82) is 0 Å². The third-order valence-corrected chi connectivity index (χ3v) is 3.04. The molecule has 0 aliphatic rings. The molecule has 0 aliphatic heterocycles. The second-order valence-electron chi connectivity index (χ2n) is 4.53. The van der Waals surface area contributed by atoms with Gasteiger partial charge in [0, 0.05) is 19.2 Å². The molecule has 2 N–H and O–H groups in total. The maximum absolute atomic E-state index is 5.21. The van der Waals surface area contributed by atoms with Gasteiger partial charge in [0.15, 0.2) is 0 Å². The van der Waals surface area contributed by atoms with Gasteiger partial charge in [-0.3, -0.25) is 0 Å². The Morgan fingerprint density at radius 1 is 1.21 bits per heavy atom. The summed E-state index contributed by atoms with van der Waals surface area (Å²) >= 11 is 0. The van der Waals surface area contributed by atoms with E-state index in [0.717, 1.165) is 43.0 Å². The Labute approximate surface area is 116 Å². The van der Waals surface area contributed by atoms with Crippen LogP contribution in [0, 0.1) is 0 Å². The fourth-order valence-corrected chi connectivity index (χ4v) is 1.92. The van der Waals surface area contributed by atoms with Gasteiger partial charge in [-0.1, -0.05) is 20.8 Å². The number of nitrogens with one attached hydrogen (secondary N) is 2. The van der Waals surface area contributed by atoms with E-state index in [4.69, 9.17) is 4.74 Å². The highest BCUT2D eigenvalue weighted by atomic mass is 16.5. The van der Waals surface area contributed by atoms with Gasteiger partial charge in [-0.2, -0.15) is 0 Å². The third kappa shape index (κ3) is 4.67. The molecular weight excluding hydrogens is 240 g/mol. The number of hydrogen-bond donors (Lipinski definition) is 2. The maximum Gasteiger partial charge on any atom is 0.135 e. The summed E-state index contributed by atoms with van der Waals surface area (Å²) < 4.78 is 5.21. The van der Waals surface area contributed by atoms with Crippen molar-refractivity contribution in [2.24, 2.45) is 0 Å². The molecule has 1 rings (SSSR count). The van der Waals surface area contributed by atoms with Crippen LogP contribution in [0.25, 0.3) is 0 Å². The van der Waals surface area contributed by atoms with Gasteiger partial charge in [0.05, 0.1) is 12.6 Å². The largest absolute Gasteiger partial charge is 0.383 e. The summed E-state index contributed by atoms with van der Waals surface area (Å²) in [6.07, 6.45) is 4.59. The van der Waals surface area contributed by atoms with Crippen molar-refractivity contribution in [1.82, 2.24) is 9.97 Å². The van der Waals surface area contributed by atoms with Crippen molar-refractivity contribution in [3.8, 4) is 0 Å². The van der Waals surface area contributed by atoms with Gasteiger partial charge in [0.2, 0.25) is 0 Å². The molecule has 0 aromatic carbocycles. The Morgan fingerprint density at radius 2 is 1.95 bits per heavy atom. The second-order valence-corrected chi connectivity index (χ2v) is 4.53. The monoisotopic (exact) mass is 266 g/mol. The molecule has 0 amide bonds. The lowest BCUT2D eigenvalue weighted by Crippen LogP contribution is -2.25. The number of ether oxygens (including phenoxy) is 1. The first kappa shape index (κ1) is 15.7. The van der Waals surface area contributed by atoms with Crippen molar-refractivity contribution in [3.05, 3.63) is 11.9 Å². The summed E-state index contributed by atoms with van der Waals surface area (Å²) in [5.41, 5.74) is 1.14. The second kappa shape index (κ2) is 8.69. The van der Waals surface area contributed by atoms with Crippen molar-refractivity contribution >= 4 is 11.6 Å². The molecule has 0 bridgehead atoms. The Hall–Kier alpha value is -1.36. The summed E-state index contributed by atoms with van der Waals surface area (Å²) in [6, 6.07) is 0.282. The lowest BCUT2D eigenvalue weighted by atomic mass is 10.2. The summed E-state index contributed by atoms with van der Waals surface area (Å²) in [6.45, 7) is 8.02. The molecule has 0 radical (unpaired) electrons. The van der Waals surface area contributed by atoms with Gasteiger partial charge < -0.3 is 15.4 Å². The minimum absolute atomic E-state index is 0.282. The van der Waals surface area contributed by atoms with Crippen LogP contribution < -0.4 is 10.6 Å². The Bertz CT molecular complexity index is 370. The van der Waals surface area contributed by atoms with E-state index < -0.39 is 0 Å². The maximum atomic E-state index is 5.21. The molecule has 1 aromatic heterocycles. The van der Waals surface area contributed by atoms with Gasteiger partial charge in [0.1, 0.15) is 18.0 Å². The van der Waals surface area contributed by atoms with Crippen LogP contribution in [0.15, 0.2) is 6.33 Å². The molecule has 1 atom stereocenters. The number of aromatic nitrogens is 2. The van der Waals surface area contributed by atoms with Gasteiger partial charge in [0.25, 0.3) is 0 Å². The quantitative estimate of drug-likeness (QED) is 0.719. The fourth-order valence-electron chi connectivity index (χ4n) is 1.92. The zero-order chi connectivity index (χ0) is 14.1. The van der Waals surface area contributed by atoms with Crippen molar-refractivity contribution < 1.29 is 4.74 Å². The highest BCUT2D eigenvalue weighted by molar-refractivity contribution is 5.57. The Morgan fingerprint density at radius 3 is 2.53 bits per heavy atom.